The summed E-state index contributed by atoms with van der Waals surface area (Å²) < 4.78 is 20.4. The van der Waals surface area contributed by atoms with Crippen LogP contribution in [0.2, 0.25) is 0 Å². The molecule has 1 N–H and O–H groups in total. The molecule has 1 saturated heterocycles. The van der Waals surface area contributed by atoms with E-state index in [9.17, 15) is 4.39 Å². The smallest absolute Gasteiger partial charge is 0.137 e. The van der Waals surface area contributed by atoms with E-state index in [0.29, 0.717) is 4.47 Å². The van der Waals surface area contributed by atoms with Gasteiger partial charge in [-0.05, 0) is 73.1 Å². The van der Waals surface area contributed by atoms with Gasteiger partial charge < -0.3 is 10.1 Å². The Hall–Kier alpha value is -0.450. The molecule has 0 aliphatic carbocycles. The summed E-state index contributed by atoms with van der Waals surface area (Å²) in [6.45, 7) is 6.13. The number of nitrogens with one attached hydrogen (secondary N) is 1. The van der Waals surface area contributed by atoms with E-state index >= 15 is 0 Å². The van der Waals surface area contributed by atoms with E-state index in [4.69, 9.17) is 4.74 Å². The van der Waals surface area contributed by atoms with Crippen LogP contribution in [0.3, 0.4) is 0 Å². The molecule has 1 aromatic rings. The van der Waals surface area contributed by atoms with Crippen molar-refractivity contribution in [1.29, 1.82) is 0 Å². The van der Waals surface area contributed by atoms with Gasteiger partial charge in [-0.2, -0.15) is 0 Å². The molecule has 118 valence electrons. The van der Waals surface area contributed by atoms with Crippen molar-refractivity contribution in [3.8, 4) is 0 Å². The number of halogens is 2. The van der Waals surface area contributed by atoms with Crippen molar-refractivity contribution in [3.05, 3.63) is 34.1 Å². The first-order chi connectivity index (χ1) is 10.1. The highest BCUT2D eigenvalue weighted by Gasteiger charge is 2.36. The Morgan fingerprint density at radius 1 is 1.43 bits per heavy atom. The molecule has 0 spiro atoms. The molecule has 2 rings (SSSR count). The zero-order valence-corrected chi connectivity index (χ0v) is 14.5. The fourth-order valence-corrected chi connectivity index (χ4v) is 3.41. The lowest BCUT2D eigenvalue weighted by atomic mass is 9.84. The molecule has 0 radical (unpaired) electrons. The van der Waals surface area contributed by atoms with Gasteiger partial charge in [0.2, 0.25) is 0 Å². The van der Waals surface area contributed by atoms with Gasteiger partial charge in [0.1, 0.15) is 5.82 Å². The van der Waals surface area contributed by atoms with E-state index in [1.54, 1.807) is 6.07 Å². The Bertz CT molecular complexity index is 460. The minimum Gasteiger partial charge on any atom is -0.374 e. The summed E-state index contributed by atoms with van der Waals surface area (Å²) in [5.41, 5.74) is 0.832. The third kappa shape index (κ3) is 4.27. The first kappa shape index (κ1) is 16.9. The Labute approximate surface area is 135 Å². The maximum absolute atomic E-state index is 13.7. The minimum absolute atomic E-state index is 0.167. The van der Waals surface area contributed by atoms with E-state index in [1.807, 2.05) is 6.07 Å². The Kier molecular flexibility index (Phi) is 6.20. The number of benzene rings is 1. The molecule has 1 aliphatic heterocycles. The van der Waals surface area contributed by atoms with Crippen molar-refractivity contribution in [2.75, 3.05) is 13.2 Å². The van der Waals surface area contributed by atoms with Crippen LogP contribution in [0.1, 0.15) is 45.1 Å². The molecule has 1 fully saturated rings. The zero-order chi connectivity index (χ0) is 15.3. The highest BCUT2D eigenvalue weighted by molar-refractivity contribution is 9.10. The molecule has 21 heavy (non-hydrogen) atoms. The Balaban J connectivity index is 2.17. The van der Waals surface area contributed by atoms with Crippen LogP contribution in [0, 0.1) is 5.82 Å². The van der Waals surface area contributed by atoms with Crippen molar-refractivity contribution in [1.82, 2.24) is 5.32 Å². The van der Waals surface area contributed by atoms with Gasteiger partial charge in [0.15, 0.2) is 0 Å². The molecular weight excluding hydrogens is 333 g/mol. The maximum Gasteiger partial charge on any atom is 0.137 e. The lowest BCUT2D eigenvalue weighted by Gasteiger charge is -2.41. The second-order valence-electron chi connectivity index (χ2n) is 6.04. The van der Waals surface area contributed by atoms with Gasteiger partial charge in [-0.25, -0.2) is 4.39 Å². The molecule has 2 unspecified atom stereocenters. The molecule has 1 heterocycles. The molecule has 2 atom stereocenters. The van der Waals surface area contributed by atoms with Gasteiger partial charge in [-0.15, -0.1) is 0 Å². The number of hydrogen-bond donors (Lipinski definition) is 1. The van der Waals surface area contributed by atoms with Crippen LogP contribution in [0.4, 0.5) is 4.39 Å². The van der Waals surface area contributed by atoms with Gasteiger partial charge in [0.25, 0.3) is 0 Å². The van der Waals surface area contributed by atoms with Crippen LogP contribution < -0.4 is 5.32 Å². The van der Waals surface area contributed by atoms with Gasteiger partial charge in [-0.3, -0.25) is 0 Å². The molecule has 1 aliphatic rings. The number of ether oxygens (including phenoxy) is 1. The summed E-state index contributed by atoms with van der Waals surface area (Å²) in [5, 5.41) is 3.61. The van der Waals surface area contributed by atoms with Crippen molar-refractivity contribution in [3.63, 3.8) is 0 Å². The molecule has 0 bridgehead atoms. The molecule has 1 aromatic carbocycles. The lowest BCUT2D eigenvalue weighted by Crippen LogP contribution is -2.53. The topological polar surface area (TPSA) is 21.3 Å². The van der Waals surface area contributed by atoms with Crippen LogP contribution in [0.5, 0.6) is 0 Å². The standard InChI is InChI=1S/C17H25BrFNO/c1-3-10-20-15(17(2)9-4-5-11-21-17)12-13-7-6-8-14(19)16(13)18/h6-8,15,20H,3-5,9-12H2,1-2H3. The monoisotopic (exact) mass is 357 g/mol. The third-order valence-electron chi connectivity index (χ3n) is 4.33. The quantitative estimate of drug-likeness (QED) is 0.811. The lowest BCUT2D eigenvalue weighted by molar-refractivity contribution is -0.0883. The van der Waals surface area contributed by atoms with Crippen molar-refractivity contribution >= 4 is 15.9 Å². The molecule has 2 nitrogen and oxygen atoms in total. The van der Waals surface area contributed by atoms with Crippen LogP contribution in [0.25, 0.3) is 0 Å². The summed E-state index contributed by atoms with van der Waals surface area (Å²) in [7, 11) is 0. The van der Waals surface area contributed by atoms with Gasteiger partial charge in [-0.1, -0.05) is 19.1 Å². The average Bonchev–Trinajstić information content (AvgIpc) is 2.48. The predicted octanol–water partition coefficient (Wildman–Crippen LogP) is 4.46. The van der Waals surface area contributed by atoms with E-state index in [-0.39, 0.29) is 17.5 Å². The van der Waals surface area contributed by atoms with Crippen LogP contribution >= 0.6 is 15.9 Å². The molecule has 0 saturated carbocycles. The highest BCUT2D eigenvalue weighted by atomic mass is 79.9. The molecule has 0 aromatic heterocycles. The molecule has 4 heteroatoms. The summed E-state index contributed by atoms with van der Waals surface area (Å²) in [6.07, 6.45) is 5.25. The maximum atomic E-state index is 13.7. The summed E-state index contributed by atoms with van der Waals surface area (Å²) in [5.74, 6) is -0.198. The summed E-state index contributed by atoms with van der Waals surface area (Å²) >= 11 is 3.37. The van der Waals surface area contributed by atoms with Crippen molar-refractivity contribution < 1.29 is 9.13 Å². The summed E-state index contributed by atoms with van der Waals surface area (Å²) in [6, 6.07) is 5.45. The Morgan fingerprint density at radius 3 is 2.90 bits per heavy atom. The largest absolute Gasteiger partial charge is 0.374 e. The second kappa shape index (κ2) is 7.70. The number of hydrogen-bond acceptors (Lipinski definition) is 2. The fourth-order valence-electron chi connectivity index (χ4n) is 2.98. The third-order valence-corrected chi connectivity index (χ3v) is 5.22. The normalized spacial score (nSPS) is 24.0. The molecule has 0 amide bonds. The van der Waals surface area contributed by atoms with Crippen molar-refractivity contribution in [2.24, 2.45) is 0 Å². The van der Waals surface area contributed by atoms with E-state index in [2.05, 4.69) is 35.1 Å². The fraction of sp³-hybridized carbons (Fsp3) is 0.647. The van der Waals surface area contributed by atoms with Crippen LogP contribution in [-0.2, 0) is 11.2 Å². The first-order valence-electron chi connectivity index (χ1n) is 7.87. The second-order valence-corrected chi connectivity index (χ2v) is 6.84. The minimum atomic E-state index is -0.198. The van der Waals surface area contributed by atoms with Gasteiger partial charge in [0.05, 0.1) is 10.1 Å². The number of rotatable bonds is 6. The highest BCUT2D eigenvalue weighted by Crippen LogP contribution is 2.31. The van der Waals surface area contributed by atoms with Crippen LogP contribution in [0.15, 0.2) is 22.7 Å². The van der Waals surface area contributed by atoms with Crippen molar-refractivity contribution in [2.45, 2.75) is 57.6 Å². The Morgan fingerprint density at radius 2 is 2.24 bits per heavy atom. The van der Waals surface area contributed by atoms with Crippen LogP contribution in [-0.4, -0.2) is 24.8 Å². The molecular formula is C17H25BrFNO. The van der Waals surface area contributed by atoms with Gasteiger partial charge in [0, 0.05) is 12.6 Å². The SMILES string of the molecule is CCCNC(Cc1cccc(F)c1Br)C1(C)CCCCO1. The van der Waals surface area contributed by atoms with E-state index < -0.39 is 0 Å². The predicted molar refractivity (Wildman–Crippen MR) is 88.1 cm³/mol. The zero-order valence-electron chi connectivity index (χ0n) is 12.9. The van der Waals surface area contributed by atoms with E-state index in [1.165, 1.54) is 12.5 Å². The first-order valence-corrected chi connectivity index (χ1v) is 8.66. The van der Waals surface area contributed by atoms with Gasteiger partial charge >= 0.3 is 0 Å². The summed E-state index contributed by atoms with van der Waals surface area (Å²) in [4.78, 5) is 0. The van der Waals surface area contributed by atoms with E-state index in [0.717, 1.165) is 44.4 Å². The average molecular weight is 358 g/mol.